The highest BCUT2D eigenvalue weighted by molar-refractivity contribution is 6.74. The quantitative estimate of drug-likeness (QED) is 0.264. The van der Waals surface area contributed by atoms with Gasteiger partial charge in [0, 0.05) is 41.7 Å². The molecule has 2 aromatic carbocycles. The van der Waals surface area contributed by atoms with E-state index in [0.29, 0.717) is 42.5 Å². The van der Waals surface area contributed by atoms with E-state index in [0.717, 1.165) is 33.6 Å². The lowest BCUT2D eigenvalue weighted by Crippen LogP contribution is -2.46. The Morgan fingerprint density at radius 1 is 1.17 bits per heavy atom. The van der Waals surface area contributed by atoms with Crippen molar-refractivity contribution >= 4 is 43.3 Å². The van der Waals surface area contributed by atoms with Gasteiger partial charge in [-0.1, -0.05) is 27.7 Å². The number of fused-ring (bicyclic) bond motifs is 2. The standard InChI is InChI=1S/C35H44N6O4Si/c1-21-24-17-29(42)38-28(24)12-11-26(21)39-31-37-14-13-27(40-31)22-15-23(18-36)30-25(16-22)35(8,20-44-46(9,10)34(5,6)7)19-41(30)32(43)45-33(2,3)4/h11-16H,17,19-20H2,1-10H3,(H,38,42)(H,37,39,40). The molecule has 0 bridgehead atoms. The van der Waals surface area contributed by atoms with Gasteiger partial charge in [-0.3, -0.25) is 9.69 Å². The normalized spacial score (nSPS) is 17.7. The van der Waals surface area contributed by atoms with Gasteiger partial charge in [0.25, 0.3) is 0 Å². The highest BCUT2D eigenvalue weighted by Gasteiger charge is 2.47. The monoisotopic (exact) mass is 640 g/mol. The summed E-state index contributed by atoms with van der Waals surface area (Å²) in [4.78, 5) is 36.3. The van der Waals surface area contributed by atoms with Crippen molar-refractivity contribution in [3.63, 3.8) is 0 Å². The van der Waals surface area contributed by atoms with Crippen LogP contribution in [0.2, 0.25) is 18.1 Å². The molecular formula is C35H44N6O4Si. The number of hydrogen-bond acceptors (Lipinski definition) is 8. The fourth-order valence-corrected chi connectivity index (χ4v) is 6.69. The van der Waals surface area contributed by atoms with Crippen LogP contribution in [0.3, 0.4) is 0 Å². The molecule has 2 N–H and O–H groups in total. The average Bonchev–Trinajstić information content (AvgIpc) is 3.49. The van der Waals surface area contributed by atoms with Crippen molar-refractivity contribution in [2.24, 2.45) is 0 Å². The number of amides is 2. The molecule has 0 saturated heterocycles. The molecule has 3 heterocycles. The Bertz CT molecular complexity index is 1770. The zero-order valence-corrected chi connectivity index (χ0v) is 29.5. The van der Waals surface area contributed by atoms with Gasteiger partial charge in [0.1, 0.15) is 11.7 Å². The van der Waals surface area contributed by atoms with Gasteiger partial charge >= 0.3 is 6.09 Å². The number of carbonyl (C=O) groups excluding carboxylic acids is 2. The number of nitrogens with zero attached hydrogens (tertiary/aromatic N) is 4. The predicted octanol–water partition coefficient (Wildman–Crippen LogP) is 7.60. The summed E-state index contributed by atoms with van der Waals surface area (Å²) in [5.74, 6) is 0.363. The predicted molar refractivity (Wildman–Crippen MR) is 183 cm³/mol. The summed E-state index contributed by atoms with van der Waals surface area (Å²) in [7, 11) is -2.14. The van der Waals surface area contributed by atoms with Gasteiger partial charge in [0.05, 0.1) is 23.4 Å². The number of ether oxygens (including phenoxy) is 1. The lowest BCUT2D eigenvalue weighted by Gasteiger charge is -2.39. The Kier molecular flexibility index (Phi) is 8.28. The van der Waals surface area contributed by atoms with Gasteiger partial charge in [0.15, 0.2) is 8.32 Å². The Balaban J connectivity index is 1.55. The van der Waals surface area contributed by atoms with E-state index in [1.807, 2.05) is 45.9 Å². The topological polar surface area (TPSA) is 129 Å². The van der Waals surface area contributed by atoms with Crippen LogP contribution >= 0.6 is 0 Å². The number of rotatable bonds is 6. The zero-order chi connectivity index (χ0) is 33.8. The Labute approximate surface area is 272 Å². The van der Waals surface area contributed by atoms with Crippen LogP contribution < -0.4 is 15.5 Å². The van der Waals surface area contributed by atoms with Crippen LogP contribution in [-0.2, 0) is 25.8 Å². The minimum atomic E-state index is -2.14. The molecule has 2 aliphatic heterocycles. The molecule has 11 heteroatoms. The fourth-order valence-electron chi connectivity index (χ4n) is 5.58. The first-order valence-corrected chi connectivity index (χ1v) is 18.5. The van der Waals surface area contributed by atoms with Gasteiger partial charge < -0.3 is 19.8 Å². The smallest absolute Gasteiger partial charge is 0.414 e. The number of aromatic nitrogens is 2. The third kappa shape index (κ3) is 6.37. The zero-order valence-electron chi connectivity index (χ0n) is 28.5. The first kappa shape index (κ1) is 33.1. The number of anilines is 4. The molecule has 1 atom stereocenters. The van der Waals surface area contributed by atoms with E-state index in [4.69, 9.17) is 14.1 Å². The molecule has 0 aliphatic carbocycles. The summed E-state index contributed by atoms with van der Waals surface area (Å²) >= 11 is 0. The summed E-state index contributed by atoms with van der Waals surface area (Å²) in [5, 5.41) is 16.6. The van der Waals surface area contributed by atoms with Crippen molar-refractivity contribution < 1.29 is 18.8 Å². The van der Waals surface area contributed by atoms with Crippen LogP contribution in [0.4, 0.5) is 27.8 Å². The highest BCUT2D eigenvalue weighted by Crippen LogP contribution is 2.47. The molecule has 5 rings (SSSR count). The maximum absolute atomic E-state index is 13.5. The first-order chi connectivity index (χ1) is 21.3. The molecule has 0 saturated carbocycles. The van der Waals surface area contributed by atoms with Crippen molar-refractivity contribution in [1.29, 1.82) is 5.26 Å². The number of carbonyl (C=O) groups is 2. The van der Waals surface area contributed by atoms with E-state index in [-0.39, 0.29) is 10.9 Å². The molecule has 46 heavy (non-hydrogen) atoms. The van der Waals surface area contributed by atoms with Gasteiger partial charge in [-0.25, -0.2) is 14.8 Å². The van der Waals surface area contributed by atoms with Gasteiger partial charge in [-0.05, 0) is 92.8 Å². The second-order valence-electron chi connectivity index (χ2n) is 15.1. The van der Waals surface area contributed by atoms with E-state index >= 15 is 0 Å². The fraction of sp³-hybridized carbons (Fsp3) is 0.457. The van der Waals surface area contributed by atoms with E-state index in [1.165, 1.54) is 0 Å². The van der Waals surface area contributed by atoms with Crippen LogP contribution in [-0.4, -0.2) is 49.0 Å². The summed E-state index contributed by atoms with van der Waals surface area (Å²) in [6.07, 6.45) is 1.51. The highest BCUT2D eigenvalue weighted by atomic mass is 28.4. The number of hydrogen-bond donors (Lipinski definition) is 2. The Hall–Kier alpha value is -4.27. The molecule has 1 unspecified atom stereocenters. The lowest BCUT2D eigenvalue weighted by atomic mass is 9.83. The second-order valence-corrected chi connectivity index (χ2v) is 19.9. The minimum absolute atomic E-state index is 0.00287. The van der Waals surface area contributed by atoms with Crippen molar-refractivity contribution in [2.45, 2.75) is 91.0 Å². The van der Waals surface area contributed by atoms with Crippen LogP contribution in [0.15, 0.2) is 36.5 Å². The first-order valence-electron chi connectivity index (χ1n) is 15.6. The molecule has 0 fully saturated rings. The van der Waals surface area contributed by atoms with Crippen LogP contribution in [0, 0.1) is 18.3 Å². The van der Waals surface area contributed by atoms with Crippen molar-refractivity contribution in [2.75, 3.05) is 28.7 Å². The summed E-state index contributed by atoms with van der Waals surface area (Å²) < 4.78 is 12.5. The van der Waals surface area contributed by atoms with Gasteiger partial charge in [-0.15, -0.1) is 0 Å². The molecule has 0 radical (unpaired) electrons. The van der Waals surface area contributed by atoms with E-state index in [9.17, 15) is 14.9 Å². The number of nitriles is 1. The number of benzene rings is 2. The summed E-state index contributed by atoms with van der Waals surface area (Å²) in [6, 6.07) is 11.7. The van der Waals surface area contributed by atoms with Crippen LogP contribution in [0.1, 0.15) is 70.7 Å². The molecule has 2 amide bonds. The van der Waals surface area contributed by atoms with E-state index in [2.05, 4.69) is 62.5 Å². The van der Waals surface area contributed by atoms with Crippen molar-refractivity contribution in [1.82, 2.24) is 9.97 Å². The Morgan fingerprint density at radius 3 is 2.54 bits per heavy atom. The third-order valence-electron chi connectivity index (χ3n) is 9.24. The average molecular weight is 641 g/mol. The van der Waals surface area contributed by atoms with Crippen molar-refractivity contribution in [3.05, 3.63) is 58.8 Å². The minimum Gasteiger partial charge on any atom is -0.443 e. The second kappa shape index (κ2) is 11.5. The summed E-state index contributed by atoms with van der Waals surface area (Å²) in [6.45, 7) is 21.3. The maximum atomic E-state index is 13.5. The molecule has 10 nitrogen and oxygen atoms in total. The van der Waals surface area contributed by atoms with E-state index < -0.39 is 25.4 Å². The molecule has 0 spiro atoms. The lowest BCUT2D eigenvalue weighted by molar-refractivity contribution is -0.115. The largest absolute Gasteiger partial charge is 0.443 e. The summed E-state index contributed by atoms with van der Waals surface area (Å²) in [5.41, 5.74) is 5.32. The van der Waals surface area contributed by atoms with Crippen LogP contribution in [0.5, 0.6) is 0 Å². The van der Waals surface area contributed by atoms with Gasteiger partial charge in [-0.2, -0.15) is 5.26 Å². The van der Waals surface area contributed by atoms with Crippen molar-refractivity contribution in [3.8, 4) is 17.3 Å². The molecule has 2 aliphatic rings. The maximum Gasteiger partial charge on any atom is 0.414 e. The van der Waals surface area contributed by atoms with Gasteiger partial charge in [0.2, 0.25) is 11.9 Å². The molecule has 242 valence electrons. The number of nitrogens with one attached hydrogen (secondary N) is 2. The molecule has 1 aromatic heterocycles. The SMILES string of the molecule is Cc1c(Nc2nccc(-c3cc(C#N)c4c(c3)C(C)(CO[Si](C)(C)C(C)(C)C)CN4C(=O)OC(C)(C)C)n2)ccc2c1CC(=O)N2. The van der Waals surface area contributed by atoms with E-state index in [1.54, 1.807) is 23.2 Å². The Morgan fingerprint density at radius 2 is 1.89 bits per heavy atom. The molecular weight excluding hydrogens is 597 g/mol. The third-order valence-corrected chi connectivity index (χ3v) is 13.7. The van der Waals surface area contributed by atoms with Crippen LogP contribution in [0.25, 0.3) is 11.3 Å². The molecule has 3 aromatic rings.